The maximum Gasteiger partial charge on any atom is 0.155 e. The molecule has 0 fully saturated rings. The molecule has 0 bridgehead atoms. The molecule has 4 heteroatoms. The molecule has 0 heterocycles. The van der Waals surface area contributed by atoms with Crippen LogP contribution in [0.15, 0.2) is 42.5 Å². The van der Waals surface area contributed by atoms with Crippen molar-refractivity contribution in [2.45, 2.75) is 6.54 Å². The first-order chi connectivity index (χ1) is 9.11. The number of aldehydes is 1. The van der Waals surface area contributed by atoms with Crippen LogP contribution in [0.4, 0.5) is 10.1 Å². The molecule has 0 radical (unpaired) electrons. The van der Waals surface area contributed by atoms with Gasteiger partial charge in [-0.05, 0) is 29.8 Å². The van der Waals surface area contributed by atoms with E-state index in [2.05, 4.69) is 0 Å². The number of rotatable bonds is 4. The van der Waals surface area contributed by atoms with Gasteiger partial charge in [0.1, 0.15) is 5.82 Å². The van der Waals surface area contributed by atoms with Gasteiger partial charge < -0.3 is 4.90 Å². The smallest absolute Gasteiger partial charge is 0.155 e. The second-order valence-corrected chi connectivity index (χ2v) is 4.71. The Hall–Kier alpha value is -1.87. The van der Waals surface area contributed by atoms with E-state index in [0.717, 1.165) is 5.56 Å². The monoisotopic (exact) mass is 277 g/mol. The molecule has 0 spiro atoms. The van der Waals surface area contributed by atoms with Gasteiger partial charge in [0, 0.05) is 18.6 Å². The molecule has 0 N–H and O–H groups in total. The van der Waals surface area contributed by atoms with Crippen molar-refractivity contribution >= 4 is 23.6 Å². The van der Waals surface area contributed by atoms with Gasteiger partial charge in [-0.25, -0.2) is 4.39 Å². The second-order valence-electron chi connectivity index (χ2n) is 4.28. The second kappa shape index (κ2) is 5.85. The lowest BCUT2D eigenvalue weighted by molar-refractivity contribution is 0.112. The highest BCUT2D eigenvalue weighted by Gasteiger charge is 2.11. The van der Waals surface area contributed by atoms with Gasteiger partial charge >= 0.3 is 0 Å². The molecule has 2 aromatic carbocycles. The number of nitrogens with zero attached hydrogens (tertiary/aromatic N) is 1. The van der Waals surface area contributed by atoms with Crippen LogP contribution < -0.4 is 4.90 Å². The third-order valence-corrected chi connectivity index (χ3v) is 3.10. The van der Waals surface area contributed by atoms with Crippen molar-refractivity contribution in [2.75, 3.05) is 11.9 Å². The van der Waals surface area contributed by atoms with Gasteiger partial charge in [0.05, 0.1) is 11.3 Å². The summed E-state index contributed by atoms with van der Waals surface area (Å²) in [4.78, 5) is 12.8. The van der Waals surface area contributed by atoms with Crippen molar-refractivity contribution in [1.82, 2.24) is 0 Å². The molecule has 0 atom stereocenters. The van der Waals surface area contributed by atoms with Crippen molar-refractivity contribution in [3.8, 4) is 0 Å². The molecule has 2 aromatic rings. The fourth-order valence-electron chi connectivity index (χ4n) is 1.97. The maximum atomic E-state index is 13.5. The summed E-state index contributed by atoms with van der Waals surface area (Å²) in [5.41, 5.74) is 1.64. The first-order valence-electron chi connectivity index (χ1n) is 5.81. The normalized spacial score (nSPS) is 10.3. The highest BCUT2D eigenvalue weighted by atomic mass is 35.5. The number of halogens is 2. The molecule has 0 saturated carbocycles. The Morgan fingerprint density at radius 3 is 2.68 bits per heavy atom. The fraction of sp³-hybridized carbons (Fsp3) is 0.133. The van der Waals surface area contributed by atoms with E-state index in [-0.39, 0.29) is 5.56 Å². The Balaban J connectivity index is 2.27. The van der Waals surface area contributed by atoms with Gasteiger partial charge in [0.25, 0.3) is 0 Å². The quantitative estimate of drug-likeness (QED) is 0.789. The number of carbonyl (C=O) groups excluding carboxylic acids is 1. The minimum Gasteiger partial charge on any atom is -0.370 e. The van der Waals surface area contributed by atoms with Crippen molar-refractivity contribution < 1.29 is 9.18 Å². The predicted molar refractivity (Wildman–Crippen MR) is 75.3 cm³/mol. The largest absolute Gasteiger partial charge is 0.370 e. The summed E-state index contributed by atoms with van der Waals surface area (Å²) in [7, 11) is 1.81. The molecule has 2 nitrogen and oxygen atoms in total. The molecular formula is C15H13ClFNO. The van der Waals surface area contributed by atoms with Crippen LogP contribution in [0.3, 0.4) is 0 Å². The molecule has 98 valence electrons. The minimum absolute atomic E-state index is 0.0760. The first-order valence-corrected chi connectivity index (χ1v) is 6.19. The average molecular weight is 278 g/mol. The summed E-state index contributed by atoms with van der Waals surface area (Å²) < 4.78 is 13.5. The summed E-state index contributed by atoms with van der Waals surface area (Å²) in [6, 6.07) is 12.0. The van der Waals surface area contributed by atoms with Crippen molar-refractivity contribution in [3.05, 3.63) is 64.4 Å². The Kier molecular flexibility index (Phi) is 4.17. The van der Waals surface area contributed by atoms with Crippen molar-refractivity contribution in [2.24, 2.45) is 0 Å². The van der Waals surface area contributed by atoms with Gasteiger partial charge in [-0.3, -0.25) is 4.79 Å². The third-order valence-electron chi connectivity index (χ3n) is 2.87. The van der Waals surface area contributed by atoms with Crippen LogP contribution in [0.2, 0.25) is 5.02 Å². The Morgan fingerprint density at radius 1 is 1.26 bits per heavy atom. The van der Waals surface area contributed by atoms with Crippen LogP contribution in [0.25, 0.3) is 0 Å². The lowest BCUT2D eigenvalue weighted by Gasteiger charge is -2.21. The number of hydrogen-bond donors (Lipinski definition) is 0. The van der Waals surface area contributed by atoms with E-state index in [1.54, 1.807) is 18.2 Å². The summed E-state index contributed by atoms with van der Waals surface area (Å²) in [5.74, 6) is -0.509. The molecule has 0 aliphatic carbocycles. The van der Waals surface area contributed by atoms with Gasteiger partial charge in [-0.2, -0.15) is 0 Å². The molecule has 0 saturated heterocycles. The molecule has 0 unspecified atom stereocenters. The summed E-state index contributed by atoms with van der Waals surface area (Å²) in [5, 5.41) is 0.653. The Morgan fingerprint density at radius 2 is 2.00 bits per heavy atom. The van der Waals surface area contributed by atoms with Gasteiger partial charge in [-0.15, -0.1) is 0 Å². The zero-order chi connectivity index (χ0) is 13.8. The highest BCUT2D eigenvalue weighted by Crippen LogP contribution is 2.22. The maximum absolute atomic E-state index is 13.5. The highest BCUT2D eigenvalue weighted by molar-refractivity contribution is 6.30. The van der Waals surface area contributed by atoms with Crippen molar-refractivity contribution in [3.63, 3.8) is 0 Å². The number of anilines is 1. The number of hydrogen-bond acceptors (Lipinski definition) is 2. The molecule has 0 aromatic heterocycles. The van der Waals surface area contributed by atoms with E-state index in [1.165, 1.54) is 6.07 Å². The Labute approximate surface area is 116 Å². The standard InChI is InChI=1S/C15H13ClFNO/c1-18(9-11-4-2-5-12(16)8-11)15-7-3-6-14(17)13(15)10-19/h2-8,10H,9H2,1H3. The lowest BCUT2D eigenvalue weighted by atomic mass is 10.1. The van der Waals surface area contributed by atoms with E-state index < -0.39 is 5.82 Å². The molecule has 19 heavy (non-hydrogen) atoms. The molecular weight excluding hydrogens is 265 g/mol. The number of carbonyl (C=O) groups is 1. The SMILES string of the molecule is CN(Cc1cccc(Cl)c1)c1cccc(F)c1C=O. The van der Waals surface area contributed by atoms with E-state index in [0.29, 0.717) is 23.5 Å². The molecule has 0 amide bonds. The summed E-state index contributed by atoms with van der Waals surface area (Å²) in [6.45, 7) is 0.546. The summed E-state index contributed by atoms with van der Waals surface area (Å²) in [6.07, 6.45) is 0.541. The average Bonchev–Trinajstić information content (AvgIpc) is 2.38. The van der Waals surface area contributed by atoms with E-state index in [1.807, 2.05) is 30.1 Å². The Bertz CT molecular complexity index is 600. The van der Waals surface area contributed by atoms with Crippen LogP contribution in [-0.4, -0.2) is 13.3 Å². The molecule has 0 aliphatic rings. The topological polar surface area (TPSA) is 20.3 Å². The lowest BCUT2D eigenvalue weighted by Crippen LogP contribution is -2.18. The van der Waals surface area contributed by atoms with Gasteiger partial charge in [-0.1, -0.05) is 29.8 Å². The molecule has 2 rings (SSSR count). The number of benzene rings is 2. The van der Waals surface area contributed by atoms with E-state index in [4.69, 9.17) is 11.6 Å². The summed E-state index contributed by atoms with van der Waals surface area (Å²) >= 11 is 5.92. The van der Waals surface area contributed by atoms with Gasteiger partial charge in [0.15, 0.2) is 6.29 Å². The van der Waals surface area contributed by atoms with Crippen LogP contribution in [0, 0.1) is 5.82 Å². The predicted octanol–water partition coefficient (Wildman–Crippen LogP) is 3.93. The van der Waals surface area contributed by atoms with Crippen molar-refractivity contribution in [1.29, 1.82) is 0 Å². The van der Waals surface area contributed by atoms with E-state index in [9.17, 15) is 9.18 Å². The van der Waals surface area contributed by atoms with Crippen LogP contribution in [0.5, 0.6) is 0 Å². The van der Waals surface area contributed by atoms with Crippen LogP contribution >= 0.6 is 11.6 Å². The zero-order valence-electron chi connectivity index (χ0n) is 10.4. The fourth-order valence-corrected chi connectivity index (χ4v) is 2.18. The molecule has 0 aliphatic heterocycles. The van der Waals surface area contributed by atoms with Gasteiger partial charge in [0.2, 0.25) is 0 Å². The van der Waals surface area contributed by atoms with Crippen LogP contribution in [-0.2, 0) is 6.54 Å². The first kappa shape index (κ1) is 13.6. The van der Waals surface area contributed by atoms with E-state index >= 15 is 0 Å². The zero-order valence-corrected chi connectivity index (χ0v) is 11.2. The van der Waals surface area contributed by atoms with Crippen LogP contribution in [0.1, 0.15) is 15.9 Å². The third kappa shape index (κ3) is 3.12. The minimum atomic E-state index is -0.509.